The number of halogens is 1. The Balaban J connectivity index is 2.30. The van der Waals surface area contributed by atoms with Gasteiger partial charge in [-0.2, -0.15) is 5.10 Å². The number of hydrogen-bond donors (Lipinski definition) is 0. The molecule has 0 amide bonds. The van der Waals surface area contributed by atoms with E-state index >= 15 is 0 Å². The van der Waals surface area contributed by atoms with Crippen LogP contribution in [-0.4, -0.2) is 20.1 Å². The van der Waals surface area contributed by atoms with E-state index in [2.05, 4.69) is 26.0 Å². The van der Waals surface area contributed by atoms with Crippen LogP contribution in [0.15, 0.2) is 12.7 Å². The van der Waals surface area contributed by atoms with Gasteiger partial charge in [-0.05, 0) is 6.42 Å². The standard InChI is InChI=1S/C5H8BrN3/c6-2-1-3-9-5-7-4-8-9/h4-5H,1-3H2. The Morgan fingerprint density at radius 2 is 2.44 bits per heavy atom. The van der Waals surface area contributed by atoms with Crippen LogP contribution in [0, 0.1) is 0 Å². The molecule has 9 heavy (non-hydrogen) atoms. The summed E-state index contributed by atoms with van der Waals surface area (Å²) in [5.74, 6) is 0. The van der Waals surface area contributed by atoms with Crippen molar-refractivity contribution in [1.82, 2.24) is 14.8 Å². The second kappa shape index (κ2) is 3.61. The first kappa shape index (κ1) is 6.74. The quantitative estimate of drug-likeness (QED) is 0.667. The van der Waals surface area contributed by atoms with Crippen molar-refractivity contribution >= 4 is 15.9 Å². The lowest BCUT2D eigenvalue weighted by Crippen LogP contribution is -1.97. The summed E-state index contributed by atoms with van der Waals surface area (Å²) in [5, 5.41) is 4.96. The van der Waals surface area contributed by atoms with Crippen LogP contribution in [0.4, 0.5) is 0 Å². The van der Waals surface area contributed by atoms with Crippen molar-refractivity contribution in [3.05, 3.63) is 12.7 Å². The molecule has 0 aliphatic carbocycles. The van der Waals surface area contributed by atoms with Gasteiger partial charge in [0.05, 0.1) is 0 Å². The van der Waals surface area contributed by atoms with Crippen LogP contribution >= 0.6 is 15.9 Å². The summed E-state index contributed by atoms with van der Waals surface area (Å²) in [6.45, 7) is 0.950. The fraction of sp³-hybridized carbons (Fsp3) is 0.600. The molecule has 0 saturated heterocycles. The fourth-order valence-electron chi connectivity index (χ4n) is 0.570. The molecule has 0 N–H and O–H groups in total. The van der Waals surface area contributed by atoms with E-state index in [-0.39, 0.29) is 0 Å². The molecule has 50 valence electrons. The topological polar surface area (TPSA) is 30.7 Å². The molecule has 0 unspecified atom stereocenters. The van der Waals surface area contributed by atoms with Crippen LogP contribution in [0.1, 0.15) is 6.42 Å². The third kappa shape index (κ3) is 2.13. The van der Waals surface area contributed by atoms with E-state index < -0.39 is 0 Å². The van der Waals surface area contributed by atoms with Gasteiger partial charge in [0, 0.05) is 11.9 Å². The second-order valence-corrected chi connectivity index (χ2v) is 2.49. The number of alkyl halides is 1. The normalized spacial score (nSPS) is 9.89. The van der Waals surface area contributed by atoms with Gasteiger partial charge in [-0.15, -0.1) is 0 Å². The molecule has 1 rings (SSSR count). The van der Waals surface area contributed by atoms with Crippen molar-refractivity contribution in [2.24, 2.45) is 0 Å². The first-order chi connectivity index (χ1) is 4.43. The van der Waals surface area contributed by atoms with Crippen LogP contribution in [0.5, 0.6) is 0 Å². The smallest absolute Gasteiger partial charge is 0.137 e. The highest BCUT2D eigenvalue weighted by Crippen LogP contribution is 1.90. The van der Waals surface area contributed by atoms with Crippen LogP contribution in [-0.2, 0) is 6.54 Å². The molecule has 4 heteroatoms. The van der Waals surface area contributed by atoms with E-state index in [1.807, 2.05) is 4.68 Å². The highest BCUT2D eigenvalue weighted by Gasteiger charge is 1.87. The van der Waals surface area contributed by atoms with Crippen LogP contribution in [0.2, 0.25) is 0 Å². The third-order valence-corrected chi connectivity index (χ3v) is 1.55. The molecule has 0 spiro atoms. The van der Waals surface area contributed by atoms with Gasteiger partial charge in [-0.1, -0.05) is 15.9 Å². The van der Waals surface area contributed by atoms with E-state index in [9.17, 15) is 0 Å². The summed E-state index contributed by atoms with van der Waals surface area (Å²) >= 11 is 3.33. The Morgan fingerprint density at radius 3 is 3.00 bits per heavy atom. The third-order valence-electron chi connectivity index (χ3n) is 0.987. The van der Waals surface area contributed by atoms with E-state index in [1.165, 1.54) is 0 Å². The molecule has 0 aliphatic heterocycles. The average Bonchev–Trinajstić information content (AvgIpc) is 2.34. The predicted molar refractivity (Wildman–Crippen MR) is 38.4 cm³/mol. The molecule has 1 aromatic rings. The lowest BCUT2D eigenvalue weighted by Gasteiger charge is -1.93. The first-order valence-corrected chi connectivity index (χ1v) is 3.94. The predicted octanol–water partition coefficient (Wildman–Crippen LogP) is 1.06. The largest absolute Gasteiger partial charge is 0.253 e. The van der Waals surface area contributed by atoms with Gasteiger partial charge in [-0.3, -0.25) is 4.68 Å². The molecule has 3 nitrogen and oxygen atoms in total. The molecule has 0 aliphatic rings. The van der Waals surface area contributed by atoms with Crippen molar-refractivity contribution < 1.29 is 0 Å². The maximum Gasteiger partial charge on any atom is 0.137 e. The Kier molecular flexibility index (Phi) is 2.70. The molecule has 0 aromatic carbocycles. The molecule has 0 radical (unpaired) electrons. The SMILES string of the molecule is BrCCCn1cncn1. The molecule has 0 saturated carbocycles. The van der Waals surface area contributed by atoms with Crippen molar-refractivity contribution in [2.45, 2.75) is 13.0 Å². The molecule has 0 fully saturated rings. The summed E-state index contributed by atoms with van der Waals surface area (Å²) < 4.78 is 1.82. The summed E-state index contributed by atoms with van der Waals surface area (Å²) in [6, 6.07) is 0. The maximum absolute atomic E-state index is 3.94. The minimum Gasteiger partial charge on any atom is -0.253 e. The highest BCUT2D eigenvalue weighted by molar-refractivity contribution is 9.09. The summed E-state index contributed by atoms with van der Waals surface area (Å²) in [6.07, 6.45) is 4.38. The zero-order valence-corrected chi connectivity index (χ0v) is 6.58. The van der Waals surface area contributed by atoms with E-state index in [1.54, 1.807) is 12.7 Å². The summed E-state index contributed by atoms with van der Waals surface area (Å²) in [7, 11) is 0. The van der Waals surface area contributed by atoms with Gasteiger partial charge >= 0.3 is 0 Å². The molecular formula is C5H8BrN3. The second-order valence-electron chi connectivity index (χ2n) is 1.70. The van der Waals surface area contributed by atoms with Crippen molar-refractivity contribution in [1.29, 1.82) is 0 Å². The Labute approximate surface area is 62.2 Å². The average molecular weight is 190 g/mol. The number of aryl methyl sites for hydroxylation is 1. The number of aromatic nitrogens is 3. The van der Waals surface area contributed by atoms with Gasteiger partial charge in [-0.25, -0.2) is 4.98 Å². The molecule has 1 aromatic heterocycles. The first-order valence-electron chi connectivity index (χ1n) is 2.82. The Morgan fingerprint density at radius 1 is 1.56 bits per heavy atom. The highest BCUT2D eigenvalue weighted by atomic mass is 79.9. The van der Waals surface area contributed by atoms with Gasteiger partial charge in [0.15, 0.2) is 0 Å². The molecular weight excluding hydrogens is 182 g/mol. The monoisotopic (exact) mass is 189 g/mol. The summed E-state index contributed by atoms with van der Waals surface area (Å²) in [4.78, 5) is 3.81. The Hall–Kier alpha value is -0.380. The van der Waals surface area contributed by atoms with E-state index in [0.717, 1.165) is 18.3 Å². The Bertz CT molecular complexity index is 149. The van der Waals surface area contributed by atoms with Crippen LogP contribution in [0.25, 0.3) is 0 Å². The fourth-order valence-corrected chi connectivity index (χ4v) is 0.821. The lowest BCUT2D eigenvalue weighted by atomic mass is 10.5. The summed E-state index contributed by atoms with van der Waals surface area (Å²) in [5.41, 5.74) is 0. The van der Waals surface area contributed by atoms with E-state index in [4.69, 9.17) is 0 Å². The number of nitrogens with zero attached hydrogens (tertiary/aromatic N) is 3. The lowest BCUT2D eigenvalue weighted by molar-refractivity contribution is 0.606. The van der Waals surface area contributed by atoms with Gasteiger partial charge < -0.3 is 0 Å². The van der Waals surface area contributed by atoms with Gasteiger partial charge in [0.1, 0.15) is 12.7 Å². The molecule has 1 heterocycles. The van der Waals surface area contributed by atoms with Crippen molar-refractivity contribution in [3.8, 4) is 0 Å². The maximum atomic E-state index is 3.94. The number of rotatable bonds is 3. The van der Waals surface area contributed by atoms with Gasteiger partial charge in [0.2, 0.25) is 0 Å². The number of hydrogen-bond acceptors (Lipinski definition) is 2. The molecule has 0 atom stereocenters. The van der Waals surface area contributed by atoms with Crippen molar-refractivity contribution in [3.63, 3.8) is 0 Å². The van der Waals surface area contributed by atoms with Gasteiger partial charge in [0.25, 0.3) is 0 Å². The van der Waals surface area contributed by atoms with Crippen LogP contribution < -0.4 is 0 Å². The van der Waals surface area contributed by atoms with E-state index in [0.29, 0.717) is 0 Å². The minimum atomic E-state index is 0.950. The minimum absolute atomic E-state index is 0.950. The zero-order chi connectivity index (χ0) is 6.53. The van der Waals surface area contributed by atoms with Crippen molar-refractivity contribution in [2.75, 3.05) is 5.33 Å². The molecule has 0 bridgehead atoms. The van der Waals surface area contributed by atoms with Crippen LogP contribution in [0.3, 0.4) is 0 Å². The zero-order valence-electron chi connectivity index (χ0n) is 5.00.